The quantitative estimate of drug-likeness (QED) is 0.874. The lowest BCUT2D eigenvalue weighted by molar-refractivity contribution is 0.0940. The summed E-state index contributed by atoms with van der Waals surface area (Å²) in [7, 11) is 0. The van der Waals surface area contributed by atoms with Crippen molar-refractivity contribution in [2.75, 3.05) is 11.9 Å². The Morgan fingerprint density at radius 3 is 3.20 bits per heavy atom. The van der Waals surface area contributed by atoms with Gasteiger partial charge in [0.1, 0.15) is 0 Å². The molecule has 20 heavy (non-hydrogen) atoms. The highest BCUT2D eigenvalue weighted by molar-refractivity contribution is 5.38. The van der Waals surface area contributed by atoms with Gasteiger partial charge < -0.3 is 14.6 Å². The van der Waals surface area contributed by atoms with Gasteiger partial charge in [0.15, 0.2) is 0 Å². The topological polar surface area (TPSA) is 56.9 Å². The number of aromatic nitrogens is 4. The highest BCUT2D eigenvalue weighted by Crippen LogP contribution is 2.15. The van der Waals surface area contributed by atoms with E-state index in [9.17, 15) is 0 Å². The molecule has 0 amide bonds. The minimum Gasteiger partial charge on any atom is -0.377 e. The van der Waals surface area contributed by atoms with Crippen molar-refractivity contribution in [3.8, 4) is 0 Å². The molecule has 3 rings (SSSR count). The zero-order valence-corrected chi connectivity index (χ0v) is 11.8. The third kappa shape index (κ3) is 3.01. The second-order valence-corrected chi connectivity index (χ2v) is 5.11. The van der Waals surface area contributed by atoms with Crippen LogP contribution < -0.4 is 5.32 Å². The fourth-order valence-electron chi connectivity index (χ4n) is 2.52. The van der Waals surface area contributed by atoms with E-state index < -0.39 is 0 Å². The maximum Gasteiger partial charge on any atom is 0.0948 e. The van der Waals surface area contributed by atoms with E-state index in [1.54, 1.807) is 0 Å². The smallest absolute Gasteiger partial charge is 0.0948 e. The minimum atomic E-state index is 0.323. The van der Waals surface area contributed by atoms with Gasteiger partial charge in [-0.1, -0.05) is 0 Å². The summed E-state index contributed by atoms with van der Waals surface area (Å²) in [5, 5.41) is 7.76. The lowest BCUT2D eigenvalue weighted by Crippen LogP contribution is -2.15. The fourth-order valence-corrected chi connectivity index (χ4v) is 2.52. The van der Waals surface area contributed by atoms with Crippen LogP contribution in [0.5, 0.6) is 0 Å². The van der Waals surface area contributed by atoms with Crippen LogP contribution in [0.3, 0.4) is 0 Å². The lowest BCUT2D eigenvalue weighted by atomic mass is 10.2. The second kappa shape index (κ2) is 6.09. The van der Waals surface area contributed by atoms with Crippen molar-refractivity contribution < 1.29 is 4.74 Å². The summed E-state index contributed by atoms with van der Waals surface area (Å²) >= 11 is 0. The molecule has 0 radical (unpaired) electrons. The molecule has 108 valence electrons. The van der Waals surface area contributed by atoms with E-state index in [0.717, 1.165) is 44.8 Å². The van der Waals surface area contributed by atoms with Crippen LogP contribution in [0.2, 0.25) is 0 Å². The fraction of sp³-hybridized carbons (Fsp3) is 0.571. The molecule has 0 spiro atoms. The summed E-state index contributed by atoms with van der Waals surface area (Å²) in [6.45, 7) is 5.55. The van der Waals surface area contributed by atoms with Crippen molar-refractivity contribution in [1.82, 2.24) is 19.3 Å². The van der Waals surface area contributed by atoms with Crippen molar-refractivity contribution >= 4 is 5.69 Å². The highest BCUT2D eigenvalue weighted by Gasteiger charge is 2.16. The molecule has 1 unspecified atom stereocenters. The van der Waals surface area contributed by atoms with Crippen molar-refractivity contribution in [2.24, 2.45) is 0 Å². The Bertz CT molecular complexity index is 541. The van der Waals surface area contributed by atoms with E-state index in [4.69, 9.17) is 4.74 Å². The first kappa shape index (κ1) is 13.2. The zero-order valence-electron chi connectivity index (χ0n) is 11.8. The lowest BCUT2D eigenvalue weighted by Gasteiger charge is -2.08. The number of imidazole rings is 1. The molecule has 2 aromatic rings. The average molecular weight is 275 g/mol. The van der Waals surface area contributed by atoms with E-state index in [2.05, 4.69) is 26.9 Å². The molecule has 6 heteroatoms. The number of nitrogens with one attached hydrogen (secondary N) is 1. The van der Waals surface area contributed by atoms with Crippen molar-refractivity contribution in [2.45, 2.75) is 45.5 Å². The number of anilines is 1. The molecule has 1 fully saturated rings. The Morgan fingerprint density at radius 1 is 1.45 bits per heavy atom. The monoisotopic (exact) mass is 275 g/mol. The highest BCUT2D eigenvalue weighted by atomic mass is 16.5. The molecule has 1 atom stereocenters. The van der Waals surface area contributed by atoms with Gasteiger partial charge in [-0.3, -0.25) is 4.68 Å². The first-order valence-corrected chi connectivity index (χ1v) is 7.22. The van der Waals surface area contributed by atoms with Crippen LogP contribution in [0.1, 0.15) is 25.5 Å². The van der Waals surface area contributed by atoms with Gasteiger partial charge in [0.2, 0.25) is 0 Å². The second-order valence-electron chi connectivity index (χ2n) is 5.11. The summed E-state index contributed by atoms with van der Waals surface area (Å²) in [6.07, 6.45) is 10.3. The molecule has 6 nitrogen and oxygen atoms in total. The Hall–Kier alpha value is -1.82. The molecule has 3 heterocycles. The number of ether oxygens (including phenoxy) is 1. The first-order chi connectivity index (χ1) is 9.85. The number of rotatable bonds is 6. The maximum atomic E-state index is 5.62. The van der Waals surface area contributed by atoms with E-state index >= 15 is 0 Å². The molecule has 1 saturated heterocycles. The van der Waals surface area contributed by atoms with E-state index in [1.807, 2.05) is 29.6 Å². The van der Waals surface area contributed by atoms with Crippen molar-refractivity contribution in [3.05, 3.63) is 30.6 Å². The van der Waals surface area contributed by atoms with Crippen molar-refractivity contribution in [3.63, 3.8) is 0 Å². The molecule has 1 aliphatic rings. The summed E-state index contributed by atoms with van der Waals surface area (Å²) < 4.78 is 9.71. The van der Waals surface area contributed by atoms with Crippen LogP contribution in [0.15, 0.2) is 24.9 Å². The van der Waals surface area contributed by atoms with Gasteiger partial charge in [-0.05, 0) is 19.8 Å². The number of hydrogen-bond acceptors (Lipinski definition) is 4. The summed E-state index contributed by atoms with van der Waals surface area (Å²) in [4.78, 5) is 4.16. The SMILES string of the molecule is CCn1cncc1CNc1cnn(CC2CCCO2)c1. The molecule has 0 aromatic carbocycles. The average Bonchev–Trinajstić information content (AvgIpc) is 3.18. The van der Waals surface area contributed by atoms with Crippen LogP contribution in [-0.4, -0.2) is 32.0 Å². The molecule has 1 N–H and O–H groups in total. The Kier molecular flexibility index (Phi) is 4.01. The Balaban J connectivity index is 1.54. The van der Waals surface area contributed by atoms with Gasteiger partial charge in [0.25, 0.3) is 0 Å². The number of aryl methyl sites for hydroxylation is 1. The largest absolute Gasteiger partial charge is 0.377 e. The summed E-state index contributed by atoms with van der Waals surface area (Å²) in [5.74, 6) is 0. The number of nitrogens with zero attached hydrogens (tertiary/aromatic N) is 4. The van der Waals surface area contributed by atoms with Crippen LogP contribution in [0.25, 0.3) is 0 Å². The normalized spacial score (nSPS) is 18.6. The molecule has 2 aromatic heterocycles. The summed E-state index contributed by atoms with van der Waals surface area (Å²) in [5.41, 5.74) is 2.21. The third-order valence-electron chi connectivity index (χ3n) is 3.66. The van der Waals surface area contributed by atoms with E-state index in [1.165, 1.54) is 5.69 Å². The van der Waals surface area contributed by atoms with E-state index in [-0.39, 0.29) is 0 Å². The van der Waals surface area contributed by atoms with Gasteiger partial charge in [-0.25, -0.2) is 4.98 Å². The predicted molar refractivity (Wildman–Crippen MR) is 76.4 cm³/mol. The van der Waals surface area contributed by atoms with Gasteiger partial charge in [-0.15, -0.1) is 0 Å². The van der Waals surface area contributed by atoms with Crippen LogP contribution in [-0.2, 0) is 24.4 Å². The molecule has 0 saturated carbocycles. The molecule has 1 aliphatic heterocycles. The zero-order chi connectivity index (χ0) is 13.8. The van der Waals surface area contributed by atoms with Gasteiger partial charge in [0, 0.05) is 25.5 Å². The molecule has 0 aliphatic carbocycles. The van der Waals surface area contributed by atoms with Crippen LogP contribution >= 0.6 is 0 Å². The maximum absolute atomic E-state index is 5.62. The van der Waals surface area contributed by atoms with Crippen LogP contribution in [0, 0.1) is 0 Å². The third-order valence-corrected chi connectivity index (χ3v) is 3.66. The van der Waals surface area contributed by atoms with Crippen LogP contribution in [0.4, 0.5) is 5.69 Å². The first-order valence-electron chi connectivity index (χ1n) is 7.22. The predicted octanol–water partition coefficient (Wildman–Crippen LogP) is 1.89. The molecule has 0 bridgehead atoms. The number of hydrogen-bond donors (Lipinski definition) is 1. The van der Waals surface area contributed by atoms with Gasteiger partial charge >= 0.3 is 0 Å². The van der Waals surface area contributed by atoms with Crippen molar-refractivity contribution in [1.29, 1.82) is 0 Å². The standard InChI is InChI=1S/C14H21N5O/c1-2-18-11-15-7-13(18)8-16-12-6-17-19(9-12)10-14-4-3-5-20-14/h6-7,9,11,14,16H,2-5,8,10H2,1H3. The Morgan fingerprint density at radius 2 is 2.40 bits per heavy atom. The minimum absolute atomic E-state index is 0.323. The Labute approximate surface area is 118 Å². The van der Waals surface area contributed by atoms with E-state index in [0.29, 0.717) is 6.10 Å². The van der Waals surface area contributed by atoms with Gasteiger partial charge in [0.05, 0.1) is 43.1 Å². The summed E-state index contributed by atoms with van der Waals surface area (Å²) in [6, 6.07) is 0. The molecular formula is C14H21N5O. The molecular weight excluding hydrogens is 254 g/mol. The van der Waals surface area contributed by atoms with Gasteiger partial charge in [-0.2, -0.15) is 5.10 Å².